The second-order valence-electron chi connectivity index (χ2n) is 4.67. The summed E-state index contributed by atoms with van der Waals surface area (Å²) in [6, 6.07) is 12.0. The van der Waals surface area contributed by atoms with Gasteiger partial charge in [0.2, 0.25) is 0 Å². The van der Waals surface area contributed by atoms with Crippen molar-refractivity contribution in [3.63, 3.8) is 0 Å². The molecule has 7 heteroatoms. The lowest BCUT2D eigenvalue weighted by atomic mass is 10.2. The Morgan fingerprint density at radius 3 is 2.62 bits per heavy atom. The van der Waals surface area contributed by atoms with E-state index in [0.717, 1.165) is 5.56 Å². The highest BCUT2D eigenvalue weighted by Gasteiger charge is 2.06. The first-order valence-corrected chi connectivity index (χ1v) is 8.04. The summed E-state index contributed by atoms with van der Waals surface area (Å²) in [5, 5.41) is 13.3. The lowest BCUT2D eigenvalue weighted by molar-refractivity contribution is -0.123. The van der Waals surface area contributed by atoms with Crippen molar-refractivity contribution in [2.75, 3.05) is 13.2 Å². The minimum Gasteiger partial charge on any atom is -0.507 e. The smallest absolute Gasteiger partial charge is 0.277 e. The first kappa shape index (κ1) is 17.8. The van der Waals surface area contributed by atoms with Crippen LogP contribution in [0, 0.1) is 0 Å². The van der Waals surface area contributed by atoms with Gasteiger partial charge in [-0.2, -0.15) is 5.10 Å². The van der Waals surface area contributed by atoms with E-state index in [9.17, 15) is 9.90 Å². The van der Waals surface area contributed by atoms with Gasteiger partial charge in [0.25, 0.3) is 5.91 Å². The summed E-state index contributed by atoms with van der Waals surface area (Å²) in [5.41, 5.74) is 3.10. The zero-order valence-corrected chi connectivity index (χ0v) is 14.6. The summed E-state index contributed by atoms with van der Waals surface area (Å²) >= 11 is 3.21. The van der Waals surface area contributed by atoms with Crippen molar-refractivity contribution in [1.29, 1.82) is 0 Å². The molecule has 1 amide bonds. The van der Waals surface area contributed by atoms with Crippen LogP contribution in [0.2, 0.25) is 0 Å². The van der Waals surface area contributed by atoms with Crippen molar-refractivity contribution in [2.24, 2.45) is 5.10 Å². The number of phenols is 1. The third-order valence-electron chi connectivity index (χ3n) is 2.88. The molecule has 0 heterocycles. The van der Waals surface area contributed by atoms with Crippen LogP contribution in [-0.2, 0) is 4.79 Å². The number of halogens is 1. The average molecular weight is 393 g/mol. The van der Waals surface area contributed by atoms with Crippen LogP contribution in [0.25, 0.3) is 0 Å². The van der Waals surface area contributed by atoms with E-state index in [0.29, 0.717) is 22.6 Å². The molecule has 0 aliphatic rings. The fourth-order valence-electron chi connectivity index (χ4n) is 1.80. The molecule has 0 aromatic heterocycles. The summed E-state index contributed by atoms with van der Waals surface area (Å²) in [7, 11) is 0. The van der Waals surface area contributed by atoms with E-state index in [1.807, 2.05) is 13.0 Å². The molecule has 2 N–H and O–H groups in total. The Bertz CT molecular complexity index is 734. The molecule has 2 aromatic carbocycles. The minimum absolute atomic E-state index is 0.137. The molecule has 24 heavy (non-hydrogen) atoms. The summed E-state index contributed by atoms with van der Waals surface area (Å²) < 4.78 is 11.4. The molecule has 0 radical (unpaired) electrons. The normalized spacial score (nSPS) is 10.6. The zero-order chi connectivity index (χ0) is 17.4. The Balaban J connectivity index is 1.85. The number of carbonyl (C=O) groups excluding carboxylic acids is 1. The molecular weight excluding hydrogens is 376 g/mol. The fraction of sp³-hybridized carbons (Fsp3) is 0.176. The average Bonchev–Trinajstić information content (AvgIpc) is 2.57. The van der Waals surface area contributed by atoms with Crippen LogP contribution in [0.5, 0.6) is 17.2 Å². The second kappa shape index (κ2) is 8.93. The minimum atomic E-state index is -0.393. The number of rotatable bonds is 7. The van der Waals surface area contributed by atoms with E-state index in [2.05, 4.69) is 26.5 Å². The third-order valence-corrected chi connectivity index (χ3v) is 3.52. The predicted molar refractivity (Wildman–Crippen MR) is 94.6 cm³/mol. The van der Waals surface area contributed by atoms with Crippen LogP contribution < -0.4 is 14.9 Å². The van der Waals surface area contributed by atoms with Gasteiger partial charge in [-0.25, -0.2) is 5.43 Å². The highest BCUT2D eigenvalue weighted by atomic mass is 79.9. The maximum absolute atomic E-state index is 11.8. The Kier molecular flexibility index (Phi) is 6.62. The number of amides is 1. The molecule has 0 saturated heterocycles. The lowest BCUT2D eigenvalue weighted by Gasteiger charge is -2.10. The van der Waals surface area contributed by atoms with E-state index in [1.165, 1.54) is 12.3 Å². The zero-order valence-electron chi connectivity index (χ0n) is 13.0. The number of hydrazone groups is 1. The van der Waals surface area contributed by atoms with Crippen molar-refractivity contribution in [1.82, 2.24) is 5.43 Å². The number of aromatic hydroxyl groups is 1. The van der Waals surface area contributed by atoms with Gasteiger partial charge in [-0.15, -0.1) is 0 Å². The van der Waals surface area contributed by atoms with E-state index in [4.69, 9.17) is 9.47 Å². The molecule has 2 aromatic rings. The van der Waals surface area contributed by atoms with Gasteiger partial charge in [-0.1, -0.05) is 12.1 Å². The van der Waals surface area contributed by atoms with Gasteiger partial charge in [0, 0.05) is 0 Å². The topological polar surface area (TPSA) is 80.2 Å². The molecule has 0 atom stereocenters. The summed E-state index contributed by atoms with van der Waals surface area (Å²) in [6.45, 7) is 2.21. The molecule has 0 spiro atoms. The van der Waals surface area contributed by atoms with Gasteiger partial charge >= 0.3 is 0 Å². The Morgan fingerprint density at radius 1 is 1.25 bits per heavy atom. The van der Waals surface area contributed by atoms with Crippen molar-refractivity contribution in [2.45, 2.75) is 6.92 Å². The number of ether oxygens (including phenoxy) is 2. The number of nitrogens with zero attached hydrogens (tertiary/aromatic N) is 1. The standard InChI is InChI=1S/C17H17BrN2O4/c1-2-23-15-5-3-4-6-16(15)24-11-17(22)20-19-10-12-7-8-14(21)13(18)9-12/h3-10,21H,2,11H2,1H3,(H,20,22). The number of benzene rings is 2. The Hall–Kier alpha value is -2.54. The first-order valence-electron chi connectivity index (χ1n) is 7.25. The molecule has 0 aliphatic heterocycles. The number of nitrogens with one attached hydrogen (secondary N) is 1. The second-order valence-corrected chi connectivity index (χ2v) is 5.53. The van der Waals surface area contributed by atoms with Crippen LogP contribution in [-0.4, -0.2) is 30.4 Å². The van der Waals surface area contributed by atoms with Gasteiger partial charge in [0.05, 0.1) is 17.3 Å². The number of phenolic OH excluding ortho intramolecular Hbond substituents is 1. The van der Waals surface area contributed by atoms with Crippen molar-refractivity contribution in [3.05, 3.63) is 52.5 Å². The van der Waals surface area contributed by atoms with Gasteiger partial charge in [-0.05, 0) is 58.7 Å². The van der Waals surface area contributed by atoms with E-state index in [1.54, 1.807) is 30.3 Å². The Labute approximate surface area is 148 Å². The number of para-hydroxylation sites is 2. The monoisotopic (exact) mass is 392 g/mol. The molecule has 0 unspecified atom stereocenters. The molecule has 0 bridgehead atoms. The van der Waals surface area contributed by atoms with E-state index >= 15 is 0 Å². The van der Waals surface area contributed by atoms with Crippen LogP contribution in [0.1, 0.15) is 12.5 Å². The van der Waals surface area contributed by atoms with Crippen LogP contribution in [0.15, 0.2) is 52.0 Å². The van der Waals surface area contributed by atoms with Gasteiger partial charge < -0.3 is 14.6 Å². The van der Waals surface area contributed by atoms with Gasteiger partial charge in [0.1, 0.15) is 5.75 Å². The molecule has 2 rings (SSSR count). The van der Waals surface area contributed by atoms with Crippen LogP contribution in [0.3, 0.4) is 0 Å². The quantitative estimate of drug-likeness (QED) is 0.560. The molecular formula is C17H17BrN2O4. The highest BCUT2D eigenvalue weighted by Crippen LogP contribution is 2.26. The third kappa shape index (κ3) is 5.27. The van der Waals surface area contributed by atoms with Crippen LogP contribution in [0.4, 0.5) is 0 Å². The van der Waals surface area contributed by atoms with Crippen molar-refractivity contribution < 1.29 is 19.4 Å². The molecule has 6 nitrogen and oxygen atoms in total. The lowest BCUT2D eigenvalue weighted by Crippen LogP contribution is -2.24. The van der Waals surface area contributed by atoms with Gasteiger partial charge in [-0.3, -0.25) is 4.79 Å². The van der Waals surface area contributed by atoms with E-state index < -0.39 is 5.91 Å². The number of hydrogen-bond donors (Lipinski definition) is 2. The molecule has 126 valence electrons. The molecule has 0 aliphatic carbocycles. The first-order chi connectivity index (χ1) is 11.6. The maximum Gasteiger partial charge on any atom is 0.277 e. The SMILES string of the molecule is CCOc1ccccc1OCC(=O)NN=Cc1ccc(O)c(Br)c1. The van der Waals surface area contributed by atoms with Gasteiger partial charge in [0.15, 0.2) is 18.1 Å². The molecule has 0 fully saturated rings. The number of hydrogen-bond acceptors (Lipinski definition) is 5. The van der Waals surface area contributed by atoms with Crippen LogP contribution >= 0.6 is 15.9 Å². The van der Waals surface area contributed by atoms with Crippen molar-refractivity contribution in [3.8, 4) is 17.2 Å². The predicted octanol–water partition coefficient (Wildman–Crippen LogP) is 3.08. The van der Waals surface area contributed by atoms with Crippen molar-refractivity contribution >= 4 is 28.1 Å². The summed E-state index contributed by atoms with van der Waals surface area (Å²) in [6.07, 6.45) is 1.47. The maximum atomic E-state index is 11.8. The van der Waals surface area contributed by atoms with E-state index in [-0.39, 0.29) is 12.4 Å². The largest absolute Gasteiger partial charge is 0.507 e. The fourth-order valence-corrected chi connectivity index (χ4v) is 2.20. The summed E-state index contributed by atoms with van der Waals surface area (Å²) in [4.78, 5) is 11.8. The molecule has 0 saturated carbocycles. The highest BCUT2D eigenvalue weighted by molar-refractivity contribution is 9.10. The number of carbonyl (C=O) groups is 1. The Morgan fingerprint density at radius 2 is 1.96 bits per heavy atom. The summed E-state index contributed by atoms with van der Waals surface area (Å²) in [5.74, 6) is 0.833.